The zero-order valence-corrected chi connectivity index (χ0v) is 15.5. The van der Waals surface area contributed by atoms with Crippen LogP contribution >= 0.6 is 0 Å². The third-order valence-corrected chi connectivity index (χ3v) is 5.06. The van der Waals surface area contributed by atoms with Crippen LogP contribution in [0.3, 0.4) is 0 Å². The van der Waals surface area contributed by atoms with Crippen molar-refractivity contribution in [2.24, 2.45) is 0 Å². The van der Waals surface area contributed by atoms with E-state index in [2.05, 4.69) is 15.0 Å². The summed E-state index contributed by atoms with van der Waals surface area (Å²) in [6.45, 7) is 1.35. The zero-order chi connectivity index (χ0) is 19.3. The van der Waals surface area contributed by atoms with Gasteiger partial charge in [-0.05, 0) is 49.2 Å². The average Bonchev–Trinajstić information content (AvgIpc) is 2.75. The van der Waals surface area contributed by atoms with Gasteiger partial charge >= 0.3 is 0 Å². The van der Waals surface area contributed by atoms with Crippen molar-refractivity contribution in [2.45, 2.75) is 25.2 Å². The van der Waals surface area contributed by atoms with Crippen LogP contribution in [0.1, 0.15) is 30.1 Å². The highest BCUT2D eigenvalue weighted by atomic mass is 19.1. The van der Waals surface area contributed by atoms with E-state index in [1.807, 2.05) is 23.1 Å². The second-order valence-electron chi connectivity index (χ2n) is 6.97. The molecule has 0 saturated carbocycles. The molecule has 1 atom stereocenters. The Kier molecular flexibility index (Phi) is 5.37. The first-order valence-electron chi connectivity index (χ1n) is 9.45. The molecule has 0 aliphatic carbocycles. The molecule has 3 aromatic rings. The van der Waals surface area contributed by atoms with Gasteiger partial charge in [-0.25, -0.2) is 4.39 Å². The van der Waals surface area contributed by atoms with Gasteiger partial charge in [-0.15, -0.1) is 0 Å². The molecule has 1 amide bonds. The lowest BCUT2D eigenvalue weighted by molar-refractivity contribution is -0.131. The maximum atomic E-state index is 13.3. The molecule has 0 bridgehead atoms. The van der Waals surface area contributed by atoms with Crippen molar-refractivity contribution in [2.75, 3.05) is 13.1 Å². The summed E-state index contributed by atoms with van der Waals surface area (Å²) in [5.74, 6) is -0.0936. The highest BCUT2D eigenvalue weighted by Crippen LogP contribution is 2.32. The number of carbonyl (C=O) groups excluding carboxylic acids is 1. The first kappa shape index (κ1) is 18.2. The molecule has 2 aromatic heterocycles. The molecule has 142 valence electrons. The first-order chi connectivity index (χ1) is 13.7. The Balaban J connectivity index is 1.54. The van der Waals surface area contributed by atoms with E-state index in [9.17, 15) is 9.18 Å². The number of amides is 1. The lowest BCUT2D eigenvalue weighted by atomic mass is 9.91. The van der Waals surface area contributed by atoms with Gasteiger partial charge in [-0.2, -0.15) is 0 Å². The van der Waals surface area contributed by atoms with E-state index >= 15 is 0 Å². The minimum absolute atomic E-state index is 0.0793. The average molecular weight is 376 g/mol. The monoisotopic (exact) mass is 376 g/mol. The number of nitrogens with zero attached hydrogens (tertiary/aromatic N) is 4. The van der Waals surface area contributed by atoms with Crippen LogP contribution in [0, 0.1) is 5.82 Å². The highest BCUT2D eigenvalue weighted by molar-refractivity contribution is 5.78. The molecule has 6 heteroatoms. The molecule has 0 radical (unpaired) electrons. The van der Waals surface area contributed by atoms with Crippen LogP contribution in [0.5, 0.6) is 0 Å². The molecular weight excluding hydrogens is 355 g/mol. The van der Waals surface area contributed by atoms with E-state index in [1.165, 1.54) is 12.1 Å². The van der Waals surface area contributed by atoms with Crippen LogP contribution in [-0.4, -0.2) is 38.8 Å². The number of rotatable bonds is 4. The third kappa shape index (κ3) is 4.06. The minimum Gasteiger partial charge on any atom is -0.342 e. The van der Waals surface area contributed by atoms with Crippen molar-refractivity contribution in [3.63, 3.8) is 0 Å². The number of halogens is 1. The topological polar surface area (TPSA) is 59.0 Å². The maximum Gasteiger partial charge on any atom is 0.228 e. The summed E-state index contributed by atoms with van der Waals surface area (Å²) in [4.78, 5) is 28.0. The molecule has 0 spiro atoms. The van der Waals surface area contributed by atoms with Crippen LogP contribution in [0.2, 0.25) is 0 Å². The van der Waals surface area contributed by atoms with Gasteiger partial charge in [0.25, 0.3) is 0 Å². The second kappa shape index (κ2) is 8.25. The van der Waals surface area contributed by atoms with Gasteiger partial charge in [0, 0.05) is 48.9 Å². The zero-order valence-electron chi connectivity index (χ0n) is 15.5. The van der Waals surface area contributed by atoms with Crippen LogP contribution in [0.15, 0.2) is 61.1 Å². The minimum atomic E-state index is -0.279. The van der Waals surface area contributed by atoms with Crippen molar-refractivity contribution < 1.29 is 9.18 Å². The Labute approximate surface area is 163 Å². The van der Waals surface area contributed by atoms with Crippen LogP contribution in [0.4, 0.5) is 4.39 Å². The highest BCUT2D eigenvalue weighted by Gasteiger charge is 2.28. The molecule has 0 N–H and O–H groups in total. The number of hydrogen-bond donors (Lipinski definition) is 0. The summed E-state index contributed by atoms with van der Waals surface area (Å²) in [7, 11) is 0. The van der Waals surface area contributed by atoms with E-state index < -0.39 is 0 Å². The molecule has 5 nitrogen and oxygen atoms in total. The quantitative estimate of drug-likeness (QED) is 0.698. The van der Waals surface area contributed by atoms with Gasteiger partial charge in [0.2, 0.25) is 5.91 Å². The molecule has 1 aromatic carbocycles. The Bertz CT molecular complexity index is 946. The van der Waals surface area contributed by atoms with Crippen molar-refractivity contribution in [1.29, 1.82) is 0 Å². The predicted octanol–water partition coefficient (Wildman–Crippen LogP) is 3.63. The molecule has 1 aliphatic rings. The lowest BCUT2D eigenvalue weighted by Crippen LogP contribution is -2.40. The van der Waals surface area contributed by atoms with Gasteiger partial charge in [-0.1, -0.05) is 6.07 Å². The Morgan fingerprint density at radius 2 is 1.86 bits per heavy atom. The summed E-state index contributed by atoms with van der Waals surface area (Å²) < 4.78 is 13.3. The number of benzene rings is 1. The van der Waals surface area contributed by atoms with Gasteiger partial charge in [0.1, 0.15) is 5.82 Å². The number of piperidine rings is 1. The van der Waals surface area contributed by atoms with Crippen LogP contribution in [0.25, 0.3) is 11.3 Å². The van der Waals surface area contributed by atoms with E-state index in [-0.39, 0.29) is 17.6 Å². The summed E-state index contributed by atoms with van der Waals surface area (Å²) >= 11 is 0. The van der Waals surface area contributed by atoms with Gasteiger partial charge < -0.3 is 4.90 Å². The van der Waals surface area contributed by atoms with Crippen molar-refractivity contribution in [3.8, 4) is 11.3 Å². The molecular formula is C22H21FN4O. The first-order valence-corrected chi connectivity index (χ1v) is 9.45. The standard InChI is InChI=1S/C22H21FN4O/c23-18-8-6-16(7-9-18)21-22(26-12-11-25-21)17-4-3-13-27(15-17)20(28)14-19-5-1-2-10-24-19/h1-2,5-12,17H,3-4,13-15H2/t17-/m0/s1. The molecule has 1 fully saturated rings. The summed E-state index contributed by atoms with van der Waals surface area (Å²) in [6, 6.07) is 11.9. The van der Waals surface area contributed by atoms with Crippen LogP contribution in [-0.2, 0) is 11.2 Å². The number of pyridine rings is 1. The van der Waals surface area contributed by atoms with E-state index in [4.69, 9.17) is 0 Å². The summed E-state index contributed by atoms with van der Waals surface area (Å²) in [5, 5.41) is 0. The Hall–Kier alpha value is -3.15. The number of likely N-dealkylation sites (tertiary alicyclic amines) is 1. The largest absolute Gasteiger partial charge is 0.342 e. The fourth-order valence-corrected chi connectivity index (χ4v) is 3.67. The smallest absolute Gasteiger partial charge is 0.228 e. The molecule has 4 rings (SSSR count). The van der Waals surface area contributed by atoms with Gasteiger partial charge in [-0.3, -0.25) is 19.7 Å². The lowest BCUT2D eigenvalue weighted by Gasteiger charge is -2.33. The fraction of sp³-hybridized carbons (Fsp3) is 0.273. The maximum absolute atomic E-state index is 13.3. The SMILES string of the molecule is O=C(Cc1ccccn1)N1CCC[C@H](c2nccnc2-c2ccc(F)cc2)C1. The predicted molar refractivity (Wildman–Crippen MR) is 104 cm³/mol. The van der Waals surface area contributed by atoms with E-state index in [1.54, 1.807) is 30.7 Å². The molecule has 1 saturated heterocycles. The molecule has 3 heterocycles. The van der Waals surface area contributed by atoms with Crippen molar-refractivity contribution in [1.82, 2.24) is 19.9 Å². The Morgan fingerprint density at radius 3 is 2.64 bits per heavy atom. The fourth-order valence-electron chi connectivity index (χ4n) is 3.67. The second-order valence-corrected chi connectivity index (χ2v) is 6.97. The summed E-state index contributed by atoms with van der Waals surface area (Å²) in [6.07, 6.45) is 7.19. The summed E-state index contributed by atoms with van der Waals surface area (Å²) in [5.41, 5.74) is 3.23. The molecule has 1 aliphatic heterocycles. The van der Waals surface area contributed by atoms with Gasteiger partial charge in [0.05, 0.1) is 17.8 Å². The number of hydrogen-bond acceptors (Lipinski definition) is 4. The van der Waals surface area contributed by atoms with E-state index in [0.717, 1.165) is 42.0 Å². The van der Waals surface area contributed by atoms with Gasteiger partial charge in [0.15, 0.2) is 0 Å². The molecule has 0 unspecified atom stereocenters. The number of carbonyl (C=O) groups is 1. The van der Waals surface area contributed by atoms with Crippen LogP contribution < -0.4 is 0 Å². The normalized spacial score (nSPS) is 16.8. The number of aromatic nitrogens is 3. The van der Waals surface area contributed by atoms with E-state index in [0.29, 0.717) is 13.0 Å². The Morgan fingerprint density at radius 1 is 1.04 bits per heavy atom. The molecule has 28 heavy (non-hydrogen) atoms. The van der Waals surface area contributed by atoms with Crippen molar-refractivity contribution >= 4 is 5.91 Å². The third-order valence-electron chi connectivity index (χ3n) is 5.06. The van der Waals surface area contributed by atoms with Crippen molar-refractivity contribution in [3.05, 3.63) is 78.3 Å².